The first-order chi connectivity index (χ1) is 12.1. The fourth-order valence-electron chi connectivity index (χ4n) is 2.91. The first kappa shape index (κ1) is 20.6. The van der Waals surface area contributed by atoms with Gasteiger partial charge in [-0.25, -0.2) is 0 Å². The van der Waals surface area contributed by atoms with Gasteiger partial charge in [0.2, 0.25) is 0 Å². The monoisotopic (exact) mass is 376 g/mol. The Labute approximate surface area is 150 Å². The van der Waals surface area contributed by atoms with Crippen LogP contribution >= 0.6 is 0 Å². The van der Waals surface area contributed by atoms with Crippen LogP contribution < -0.4 is 0 Å². The SMILES string of the molecule is CCOC1(C)O[C@H]2OC(COC(C)=O)[C@@H](OC(C)=O)C(OC(C)=O)[C@@H]2O1. The molecule has 10 heteroatoms. The average Bonchev–Trinajstić information content (AvgIpc) is 2.83. The van der Waals surface area contributed by atoms with Crippen molar-refractivity contribution in [3.8, 4) is 0 Å². The Morgan fingerprint density at radius 1 is 0.962 bits per heavy atom. The van der Waals surface area contributed by atoms with Crippen LogP contribution in [0.3, 0.4) is 0 Å². The Morgan fingerprint density at radius 2 is 1.58 bits per heavy atom. The van der Waals surface area contributed by atoms with Crippen LogP contribution in [0.1, 0.15) is 34.6 Å². The molecule has 10 nitrogen and oxygen atoms in total. The van der Waals surface area contributed by atoms with Crippen LogP contribution in [-0.2, 0) is 47.5 Å². The van der Waals surface area contributed by atoms with Crippen molar-refractivity contribution in [3.63, 3.8) is 0 Å². The lowest BCUT2D eigenvalue weighted by Crippen LogP contribution is -2.60. The molecule has 0 saturated carbocycles. The lowest BCUT2D eigenvalue weighted by atomic mass is 9.98. The molecular weight excluding hydrogens is 352 g/mol. The van der Waals surface area contributed by atoms with Crippen LogP contribution in [0.15, 0.2) is 0 Å². The first-order valence-electron chi connectivity index (χ1n) is 8.28. The van der Waals surface area contributed by atoms with Crippen LogP contribution in [0.4, 0.5) is 0 Å². The van der Waals surface area contributed by atoms with Crippen molar-refractivity contribution in [2.75, 3.05) is 13.2 Å². The van der Waals surface area contributed by atoms with Crippen molar-refractivity contribution >= 4 is 17.9 Å². The molecule has 0 aromatic carbocycles. The molecule has 3 unspecified atom stereocenters. The molecule has 2 aliphatic heterocycles. The number of fused-ring (bicyclic) bond motifs is 1. The number of carbonyl (C=O) groups is 3. The zero-order chi connectivity index (χ0) is 19.5. The third-order valence-corrected chi connectivity index (χ3v) is 3.73. The molecule has 2 aliphatic rings. The number of hydrogen-bond donors (Lipinski definition) is 0. The summed E-state index contributed by atoms with van der Waals surface area (Å²) in [7, 11) is 0. The third kappa shape index (κ3) is 4.91. The minimum atomic E-state index is -1.42. The Hall–Kier alpha value is -1.75. The predicted molar refractivity (Wildman–Crippen MR) is 82.4 cm³/mol. The van der Waals surface area contributed by atoms with Gasteiger partial charge < -0.3 is 28.4 Å². The average molecular weight is 376 g/mol. The smallest absolute Gasteiger partial charge is 0.303 e. The molecule has 0 bridgehead atoms. The molecule has 148 valence electrons. The van der Waals surface area contributed by atoms with Gasteiger partial charge in [0.1, 0.15) is 12.7 Å². The van der Waals surface area contributed by atoms with E-state index in [0.717, 1.165) is 0 Å². The largest absolute Gasteiger partial charge is 0.463 e. The molecule has 2 fully saturated rings. The first-order valence-corrected chi connectivity index (χ1v) is 8.28. The molecular formula is C16H24O10. The lowest BCUT2D eigenvalue weighted by molar-refractivity contribution is -0.342. The number of rotatable bonds is 6. The quantitative estimate of drug-likeness (QED) is 0.472. The maximum absolute atomic E-state index is 11.6. The van der Waals surface area contributed by atoms with Crippen molar-refractivity contribution in [2.45, 2.75) is 71.3 Å². The summed E-state index contributed by atoms with van der Waals surface area (Å²) in [4.78, 5) is 34.2. The third-order valence-electron chi connectivity index (χ3n) is 3.73. The number of hydrogen-bond acceptors (Lipinski definition) is 10. The van der Waals surface area contributed by atoms with Gasteiger partial charge in [-0.05, 0) is 6.92 Å². The lowest BCUT2D eigenvalue weighted by Gasteiger charge is -2.40. The second-order valence-corrected chi connectivity index (χ2v) is 5.99. The molecule has 0 radical (unpaired) electrons. The second kappa shape index (κ2) is 8.30. The molecule has 2 rings (SSSR count). The summed E-state index contributed by atoms with van der Waals surface area (Å²) in [6, 6.07) is 0. The fourth-order valence-corrected chi connectivity index (χ4v) is 2.91. The predicted octanol–water partition coefficient (Wildman–Crippen LogP) is 0.263. The van der Waals surface area contributed by atoms with Crippen molar-refractivity contribution < 1.29 is 47.5 Å². The van der Waals surface area contributed by atoms with Gasteiger partial charge in [-0.2, -0.15) is 0 Å². The molecule has 2 saturated heterocycles. The normalized spacial score (nSPS) is 36.1. The molecule has 6 atom stereocenters. The van der Waals surface area contributed by atoms with Crippen molar-refractivity contribution in [2.24, 2.45) is 0 Å². The summed E-state index contributed by atoms with van der Waals surface area (Å²) in [6.07, 6.45) is -4.86. The highest BCUT2D eigenvalue weighted by molar-refractivity contribution is 5.67. The molecule has 0 aromatic rings. The van der Waals surface area contributed by atoms with Crippen molar-refractivity contribution in [1.82, 2.24) is 0 Å². The Kier molecular flexibility index (Phi) is 6.56. The van der Waals surface area contributed by atoms with E-state index in [0.29, 0.717) is 6.61 Å². The molecule has 0 N–H and O–H groups in total. The zero-order valence-electron chi connectivity index (χ0n) is 15.4. The Morgan fingerprint density at radius 3 is 2.12 bits per heavy atom. The van der Waals surface area contributed by atoms with Gasteiger partial charge in [-0.1, -0.05) is 0 Å². The summed E-state index contributed by atoms with van der Waals surface area (Å²) in [5.41, 5.74) is 0. The van der Waals surface area contributed by atoms with Crippen molar-refractivity contribution in [3.05, 3.63) is 0 Å². The summed E-state index contributed by atoms with van der Waals surface area (Å²) in [6.45, 7) is 7.04. The minimum Gasteiger partial charge on any atom is -0.463 e. The zero-order valence-corrected chi connectivity index (χ0v) is 15.4. The summed E-state index contributed by atoms with van der Waals surface area (Å²) < 4.78 is 38.2. The van der Waals surface area contributed by atoms with Gasteiger partial charge in [0.15, 0.2) is 24.6 Å². The van der Waals surface area contributed by atoms with E-state index >= 15 is 0 Å². The van der Waals surface area contributed by atoms with E-state index in [9.17, 15) is 14.4 Å². The van der Waals surface area contributed by atoms with Gasteiger partial charge >= 0.3 is 17.9 Å². The number of esters is 3. The van der Waals surface area contributed by atoms with E-state index in [1.54, 1.807) is 13.8 Å². The highest BCUT2D eigenvalue weighted by atomic mass is 16.9. The summed E-state index contributed by atoms with van der Waals surface area (Å²) in [5.74, 6) is -3.18. The highest BCUT2D eigenvalue weighted by Gasteiger charge is 2.59. The van der Waals surface area contributed by atoms with E-state index in [1.807, 2.05) is 0 Å². The molecule has 0 aromatic heterocycles. The Balaban J connectivity index is 2.29. The fraction of sp³-hybridized carbons (Fsp3) is 0.812. The topological polar surface area (TPSA) is 116 Å². The van der Waals surface area contributed by atoms with E-state index < -0.39 is 54.6 Å². The minimum absolute atomic E-state index is 0.219. The number of carbonyl (C=O) groups excluding carboxylic acids is 3. The second-order valence-electron chi connectivity index (χ2n) is 5.99. The van der Waals surface area contributed by atoms with Crippen LogP contribution in [0.2, 0.25) is 0 Å². The van der Waals surface area contributed by atoms with Gasteiger partial charge in [0, 0.05) is 34.3 Å². The van der Waals surface area contributed by atoms with E-state index in [4.69, 9.17) is 33.2 Å². The number of ether oxygens (including phenoxy) is 7. The maximum atomic E-state index is 11.6. The molecule has 26 heavy (non-hydrogen) atoms. The molecule has 0 amide bonds. The molecule has 0 aliphatic carbocycles. The molecule has 2 heterocycles. The van der Waals surface area contributed by atoms with E-state index in [-0.39, 0.29) is 6.61 Å². The van der Waals surface area contributed by atoms with Crippen molar-refractivity contribution in [1.29, 1.82) is 0 Å². The van der Waals surface area contributed by atoms with Gasteiger partial charge in [-0.15, -0.1) is 0 Å². The van der Waals surface area contributed by atoms with Gasteiger partial charge in [0.05, 0.1) is 0 Å². The van der Waals surface area contributed by atoms with E-state index in [2.05, 4.69) is 0 Å². The molecule has 0 spiro atoms. The van der Waals surface area contributed by atoms with Crippen LogP contribution in [0, 0.1) is 0 Å². The van der Waals surface area contributed by atoms with Crippen LogP contribution in [-0.4, -0.2) is 67.8 Å². The Bertz CT molecular complexity index is 549. The standard InChI is InChI=1S/C16H24O10/c1-6-21-16(5)25-14-13(23-10(4)19)12(22-9(3)18)11(7-20-8(2)17)24-15(14)26-16/h11-15H,6-7H2,1-5H3/t11?,12-,13?,14+,15-,16?/m1/s1. The van der Waals surface area contributed by atoms with Gasteiger partial charge in [-0.3, -0.25) is 19.1 Å². The maximum Gasteiger partial charge on any atom is 0.303 e. The van der Waals surface area contributed by atoms with Gasteiger partial charge in [0.25, 0.3) is 5.97 Å². The van der Waals surface area contributed by atoms with E-state index in [1.165, 1.54) is 20.8 Å². The summed E-state index contributed by atoms with van der Waals surface area (Å²) >= 11 is 0. The summed E-state index contributed by atoms with van der Waals surface area (Å²) in [5, 5.41) is 0. The van der Waals surface area contributed by atoms with Crippen LogP contribution in [0.5, 0.6) is 0 Å². The highest BCUT2D eigenvalue weighted by Crippen LogP contribution is 2.39. The van der Waals surface area contributed by atoms with Crippen LogP contribution in [0.25, 0.3) is 0 Å².